The van der Waals surface area contributed by atoms with Gasteiger partial charge in [-0.05, 0) is 42.3 Å². The molecule has 3 heterocycles. The Kier molecular flexibility index (Phi) is 4.76. The van der Waals surface area contributed by atoms with Gasteiger partial charge in [0.2, 0.25) is 5.95 Å². The molecule has 0 amide bonds. The van der Waals surface area contributed by atoms with Gasteiger partial charge in [-0.1, -0.05) is 42.5 Å². The zero-order valence-corrected chi connectivity index (χ0v) is 19.1. The molecule has 6 rings (SSSR count). The van der Waals surface area contributed by atoms with E-state index >= 15 is 0 Å². The number of anilines is 1. The van der Waals surface area contributed by atoms with Crippen molar-refractivity contribution in [1.82, 2.24) is 14.8 Å². The molecule has 0 spiro atoms. The predicted molar refractivity (Wildman–Crippen MR) is 129 cm³/mol. The lowest BCUT2D eigenvalue weighted by atomic mass is 9.83. The molecule has 0 fully saturated rings. The molecule has 2 aliphatic rings. The molecule has 2 atom stereocenters. The third-order valence-electron chi connectivity index (χ3n) is 6.51. The van der Waals surface area contributed by atoms with Crippen LogP contribution in [0.5, 0.6) is 17.2 Å². The van der Waals surface area contributed by atoms with Crippen LogP contribution in [0.15, 0.2) is 78.6 Å². The summed E-state index contributed by atoms with van der Waals surface area (Å²) in [4.78, 5) is 4.50. The van der Waals surface area contributed by atoms with Crippen LogP contribution in [-0.4, -0.2) is 29.0 Å². The third-order valence-corrected chi connectivity index (χ3v) is 6.51. The van der Waals surface area contributed by atoms with E-state index in [2.05, 4.69) is 52.7 Å². The Morgan fingerprint density at radius 1 is 0.941 bits per heavy atom. The summed E-state index contributed by atoms with van der Waals surface area (Å²) in [6.07, 6.45) is 1.21. The second-order valence-electron chi connectivity index (χ2n) is 8.35. The first kappa shape index (κ1) is 20.4. The number of ether oxygens (including phenoxy) is 3. The first-order valence-corrected chi connectivity index (χ1v) is 11.1. The summed E-state index contributed by atoms with van der Waals surface area (Å²) in [6, 6.07) is 22.2. The normalized spacial score (nSPS) is 18.2. The average molecular weight is 453 g/mol. The van der Waals surface area contributed by atoms with Crippen molar-refractivity contribution in [3.05, 3.63) is 101 Å². The van der Waals surface area contributed by atoms with E-state index in [9.17, 15) is 0 Å². The second-order valence-corrected chi connectivity index (χ2v) is 8.35. The fourth-order valence-corrected chi connectivity index (χ4v) is 4.90. The van der Waals surface area contributed by atoms with E-state index in [1.54, 1.807) is 20.5 Å². The summed E-state index contributed by atoms with van der Waals surface area (Å²) in [5, 5.41) is 8.14. The number of hydrogen-bond acceptors (Lipinski definition) is 6. The molecule has 0 aliphatic carbocycles. The highest BCUT2D eigenvalue weighted by Crippen LogP contribution is 2.51. The molecule has 0 saturated heterocycles. The zero-order chi connectivity index (χ0) is 23.2. The van der Waals surface area contributed by atoms with Crippen LogP contribution < -0.4 is 19.5 Å². The summed E-state index contributed by atoms with van der Waals surface area (Å²) < 4.78 is 19.7. The van der Waals surface area contributed by atoms with Gasteiger partial charge >= 0.3 is 0 Å². The van der Waals surface area contributed by atoms with Crippen molar-refractivity contribution in [2.45, 2.75) is 19.1 Å². The Bertz CT molecular complexity index is 1420. The van der Waals surface area contributed by atoms with Gasteiger partial charge in [0.15, 0.2) is 11.5 Å². The minimum atomic E-state index is -0.376. The highest BCUT2D eigenvalue weighted by molar-refractivity contribution is 5.85. The fraction of sp³-hybridized carbons (Fsp3) is 0.185. The van der Waals surface area contributed by atoms with Crippen LogP contribution in [0.3, 0.4) is 0 Å². The van der Waals surface area contributed by atoms with Gasteiger partial charge in [0.05, 0.1) is 19.9 Å². The molecular weight excluding hydrogens is 428 g/mol. The van der Waals surface area contributed by atoms with E-state index in [-0.39, 0.29) is 12.1 Å². The molecule has 1 aromatic heterocycles. The van der Waals surface area contributed by atoms with Crippen molar-refractivity contribution in [2.75, 3.05) is 19.5 Å². The largest absolute Gasteiger partial charge is 0.493 e. The van der Waals surface area contributed by atoms with Crippen molar-refractivity contribution < 1.29 is 14.2 Å². The first-order chi connectivity index (χ1) is 16.7. The number of nitrogens with one attached hydrogen (secondary N) is 1. The van der Waals surface area contributed by atoms with Crippen molar-refractivity contribution >= 4 is 11.6 Å². The topological polar surface area (TPSA) is 70.4 Å². The number of rotatable bonds is 4. The molecule has 2 aliphatic heterocycles. The Morgan fingerprint density at radius 2 is 1.74 bits per heavy atom. The summed E-state index contributed by atoms with van der Waals surface area (Å²) in [6.45, 7) is 2.12. The number of benzene rings is 3. The van der Waals surface area contributed by atoms with E-state index in [0.717, 1.165) is 33.7 Å². The van der Waals surface area contributed by atoms with Crippen LogP contribution in [-0.2, 0) is 0 Å². The lowest BCUT2D eigenvalue weighted by Crippen LogP contribution is -2.32. The molecule has 0 radical (unpaired) electrons. The smallest absolute Gasteiger partial charge is 0.226 e. The minimum Gasteiger partial charge on any atom is -0.493 e. The highest BCUT2D eigenvalue weighted by atomic mass is 16.5. The number of fused-ring (bicyclic) bond motifs is 3. The number of hydrogen-bond donors (Lipinski definition) is 1. The molecule has 1 N–H and O–H groups in total. The number of aryl methyl sites for hydroxylation is 1. The second kappa shape index (κ2) is 7.95. The predicted octanol–water partition coefficient (Wildman–Crippen LogP) is 5.16. The van der Waals surface area contributed by atoms with Gasteiger partial charge in [-0.3, -0.25) is 0 Å². The van der Waals surface area contributed by atoms with Crippen molar-refractivity contribution in [2.24, 2.45) is 0 Å². The number of para-hydroxylation sites is 1. The maximum Gasteiger partial charge on any atom is 0.226 e. The zero-order valence-electron chi connectivity index (χ0n) is 19.1. The van der Waals surface area contributed by atoms with Crippen LogP contribution in [0.2, 0.25) is 0 Å². The molecule has 3 aromatic carbocycles. The Balaban J connectivity index is 1.62. The van der Waals surface area contributed by atoms with Gasteiger partial charge in [-0.2, -0.15) is 10.1 Å². The Labute approximate surface area is 197 Å². The standard InChI is InChI=1S/C27H24N4O3/c1-16-8-4-5-9-18(16)25-23-24(30-27-28-15-29-31(25)27)19-10-6-7-11-20(19)34-26(23)17-12-13-21(32-2)22(14-17)33-3/h4-15,25-26H,1-3H3,(H,28,29,30)/t25-,26-/m1/s1. The van der Waals surface area contributed by atoms with Gasteiger partial charge in [-0.25, -0.2) is 4.68 Å². The Hall–Kier alpha value is -4.26. The highest BCUT2D eigenvalue weighted by Gasteiger charge is 2.41. The fourth-order valence-electron chi connectivity index (χ4n) is 4.90. The molecule has 4 aromatic rings. The van der Waals surface area contributed by atoms with E-state index in [1.165, 1.54) is 5.56 Å². The summed E-state index contributed by atoms with van der Waals surface area (Å²) in [5.74, 6) is 2.84. The van der Waals surface area contributed by atoms with Gasteiger partial charge in [0.1, 0.15) is 24.2 Å². The molecule has 0 saturated carbocycles. The summed E-state index contributed by atoms with van der Waals surface area (Å²) in [7, 11) is 3.28. The van der Waals surface area contributed by atoms with Crippen molar-refractivity contribution in [3.8, 4) is 17.2 Å². The molecular formula is C27H24N4O3. The van der Waals surface area contributed by atoms with E-state index in [1.807, 2.05) is 41.1 Å². The van der Waals surface area contributed by atoms with Crippen molar-refractivity contribution in [1.29, 1.82) is 0 Å². The molecule has 7 heteroatoms. The molecule has 34 heavy (non-hydrogen) atoms. The van der Waals surface area contributed by atoms with E-state index in [4.69, 9.17) is 14.2 Å². The van der Waals surface area contributed by atoms with Crippen LogP contribution in [0, 0.1) is 6.92 Å². The third kappa shape index (κ3) is 3.04. The van der Waals surface area contributed by atoms with E-state index in [0.29, 0.717) is 17.4 Å². The van der Waals surface area contributed by atoms with Gasteiger partial charge < -0.3 is 19.5 Å². The van der Waals surface area contributed by atoms with Crippen molar-refractivity contribution in [3.63, 3.8) is 0 Å². The SMILES string of the molecule is COc1ccc([C@H]2Oc3ccccc3C3=C2[C@@H](c2ccccc2C)n2ncnc2N3)cc1OC. The van der Waals surface area contributed by atoms with Crippen LogP contribution in [0.4, 0.5) is 5.95 Å². The van der Waals surface area contributed by atoms with Crippen LogP contribution in [0.1, 0.15) is 34.4 Å². The maximum absolute atomic E-state index is 6.69. The number of methoxy groups -OCH3 is 2. The van der Waals surface area contributed by atoms with Gasteiger partial charge in [-0.15, -0.1) is 0 Å². The molecule has 7 nitrogen and oxygen atoms in total. The number of aromatic nitrogens is 3. The average Bonchev–Trinajstić information content (AvgIpc) is 3.35. The molecule has 0 bridgehead atoms. The van der Waals surface area contributed by atoms with Crippen LogP contribution >= 0.6 is 0 Å². The lowest BCUT2D eigenvalue weighted by molar-refractivity contribution is 0.222. The monoisotopic (exact) mass is 452 g/mol. The number of nitrogens with zero attached hydrogens (tertiary/aromatic N) is 3. The molecule has 170 valence electrons. The quantitative estimate of drug-likeness (QED) is 0.461. The summed E-state index contributed by atoms with van der Waals surface area (Å²) in [5.41, 5.74) is 6.35. The summed E-state index contributed by atoms with van der Waals surface area (Å²) >= 11 is 0. The maximum atomic E-state index is 6.69. The van der Waals surface area contributed by atoms with Gasteiger partial charge in [0.25, 0.3) is 0 Å². The van der Waals surface area contributed by atoms with Gasteiger partial charge in [0, 0.05) is 16.7 Å². The lowest BCUT2D eigenvalue weighted by Gasteiger charge is -2.39. The van der Waals surface area contributed by atoms with Crippen LogP contribution in [0.25, 0.3) is 5.70 Å². The van der Waals surface area contributed by atoms with E-state index < -0.39 is 0 Å². The first-order valence-electron chi connectivity index (χ1n) is 11.1. The molecule has 0 unspecified atom stereocenters. The Morgan fingerprint density at radius 3 is 2.56 bits per heavy atom. The minimum absolute atomic E-state index is 0.193.